The molecule has 94 valence electrons. The Balaban J connectivity index is 2.07. The van der Waals surface area contributed by atoms with Crippen molar-refractivity contribution < 1.29 is 9.13 Å². The van der Waals surface area contributed by atoms with Crippen molar-refractivity contribution in [2.75, 3.05) is 11.9 Å². The van der Waals surface area contributed by atoms with Crippen molar-refractivity contribution in [3.63, 3.8) is 0 Å². The van der Waals surface area contributed by atoms with Gasteiger partial charge in [-0.2, -0.15) is 0 Å². The number of hydrogen-bond acceptors (Lipinski definition) is 4. The number of nitrogens with one attached hydrogen (secondary N) is 1. The van der Waals surface area contributed by atoms with Gasteiger partial charge < -0.3 is 10.1 Å². The van der Waals surface area contributed by atoms with Gasteiger partial charge in [-0.05, 0) is 26.2 Å². The first kappa shape index (κ1) is 12.2. The molecule has 0 aliphatic carbocycles. The molecule has 1 aliphatic heterocycles. The molecule has 0 bridgehead atoms. The highest BCUT2D eigenvalue weighted by molar-refractivity contribution is 5.38. The normalized spacial score (nSPS) is 24.6. The van der Waals surface area contributed by atoms with E-state index in [1.165, 1.54) is 6.33 Å². The maximum absolute atomic E-state index is 13.9. The first-order valence-electron chi connectivity index (χ1n) is 6.08. The molecule has 1 N–H and O–H groups in total. The van der Waals surface area contributed by atoms with Crippen LogP contribution in [0.2, 0.25) is 0 Å². The molecule has 0 radical (unpaired) electrons. The van der Waals surface area contributed by atoms with Crippen molar-refractivity contribution in [1.82, 2.24) is 9.97 Å². The third-order valence-corrected chi connectivity index (χ3v) is 3.02. The second-order valence-corrected chi connectivity index (χ2v) is 4.38. The molecule has 1 aromatic heterocycles. The van der Waals surface area contributed by atoms with Crippen LogP contribution in [0, 0.1) is 5.82 Å². The number of rotatable bonds is 3. The molecule has 0 amide bonds. The monoisotopic (exact) mass is 239 g/mol. The molecule has 4 nitrogen and oxygen atoms in total. The molecule has 2 unspecified atom stereocenters. The number of nitrogens with zero attached hydrogens (tertiary/aromatic N) is 2. The Morgan fingerprint density at radius 1 is 1.53 bits per heavy atom. The minimum atomic E-state index is -0.325. The van der Waals surface area contributed by atoms with E-state index in [0.29, 0.717) is 24.5 Å². The van der Waals surface area contributed by atoms with Crippen molar-refractivity contribution >= 4 is 5.82 Å². The predicted octanol–water partition coefficient (Wildman–Crippen LogP) is 2.16. The predicted molar refractivity (Wildman–Crippen MR) is 63.4 cm³/mol. The van der Waals surface area contributed by atoms with Crippen LogP contribution in [0.15, 0.2) is 6.33 Å². The zero-order chi connectivity index (χ0) is 12.3. The van der Waals surface area contributed by atoms with Crippen molar-refractivity contribution in [2.45, 2.75) is 45.3 Å². The molecule has 0 spiro atoms. The highest BCUT2D eigenvalue weighted by atomic mass is 19.1. The molecule has 1 aliphatic rings. The molecule has 2 rings (SSSR count). The van der Waals surface area contributed by atoms with E-state index in [0.717, 1.165) is 12.8 Å². The molecule has 2 atom stereocenters. The molecule has 17 heavy (non-hydrogen) atoms. The van der Waals surface area contributed by atoms with Gasteiger partial charge in [-0.25, -0.2) is 14.4 Å². The first-order valence-corrected chi connectivity index (χ1v) is 6.08. The minimum absolute atomic E-state index is 0.219. The fraction of sp³-hybridized carbons (Fsp3) is 0.667. The van der Waals surface area contributed by atoms with E-state index in [-0.39, 0.29) is 18.0 Å². The number of aromatic nitrogens is 2. The summed E-state index contributed by atoms with van der Waals surface area (Å²) in [6.45, 7) is 4.62. The maximum Gasteiger partial charge on any atom is 0.186 e. The highest BCUT2D eigenvalue weighted by Gasteiger charge is 2.21. The SMILES string of the molecule is CCc1ncnc(NC2CCOC(C)C2)c1F. The van der Waals surface area contributed by atoms with E-state index in [1.54, 1.807) is 0 Å². The van der Waals surface area contributed by atoms with Gasteiger partial charge in [0, 0.05) is 12.6 Å². The van der Waals surface area contributed by atoms with Crippen LogP contribution in [0.3, 0.4) is 0 Å². The lowest BCUT2D eigenvalue weighted by atomic mass is 10.0. The number of halogens is 1. The summed E-state index contributed by atoms with van der Waals surface area (Å²) in [7, 11) is 0. The van der Waals surface area contributed by atoms with Crippen LogP contribution in [0.5, 0.6) is 0 Å². The first-order chi connectivity index (χ1) is 8.20. The molecular weight excluding hydrogens is 221 g/mol. The number of aryl methyl sites for hydroxylation is 1. The number of ether oxygens (including phenoxy) is 1. The molecule has 1 fully saturated rings. The topological polar surface area (TPSA) is 47.0 Å². The Labute approximate surface area is 101 Å². The van der Waals surface area contributed by atoms with Crippen LogP contribution in [0.4, 0.5) is 10.2 Å². The molecule has 0 saturated carbocycles. The van der Waals surface area contributed by atoms with Gasteiger partial charge in [0.25, 0.3) is 0 Å². The van der Waals surface area contributed by atoms with Gasteiger partial charge in [0.2, 0.25) is 0 Å². The Hall–Kier alpha value is -1.23. The summed E-state index contributed by atoms with van der Waals surface area (Å²) in [6, 6.07) is 0.229. The smallest absolute Gasteiger partial charge is 0.186 e. The van der Waals surface area contributed by atoms with Crippen molar-refractivity contribution in [2.24, 2.45) is 0 Å². The van der Waals surface area contributed by atoms with Gasteiger partial charge in [-0.3, -0.25) is 0 Å². The van der Waals surface area contributed by atoms with Gasteiger partial charge >= 0.3 is 0 Å². The van der Waals surface area contributed by atoms with Gasteiger partial charge in [-0.15, -0.1) is 0 Å². The number of anilines is 1. The minimum Gasteiger partial charge on any atom is -0.378 e. The van der Waals surface area contributed by atoms with Crippen LogP contribution >= 0.6 is 0 Å². The van der Waals surface area contributed by atoms with Gasteiger partial charge in [0.1, 0.15) is 6.33 Å². The van der Waals surface area contributed by atoms with E-state index in [4.69, 9.17) is 4.74 Å². The third kappa shape index (κ3) is 2.91. The molecule has 1 aromatic rings. The second-order valence-electron chi connectivity index (χ2n) is 4.38. The van der Waals surface area contributed by atoms with Crippen molar-refractivity contribution in [1.29, 1.82) is 0 Å². The third-order valence-electron chi connectivity index (χ3n) is 3.02. The zero-order valence-corrected chi connectivity index (χ0v) is 10.2. The lowest BCUT2D eigenvalue weighted by molar-refractivity contribution is 0.0231. The highest BCUT2D eigenvalue weighted by Crippen LogP contribution is 2.20. The van der Waals surface area contributed by atoms with Crippen LogP contribution in [-0.4, -0.2) is 28.7 Å². The molecule has 1 saturated heterocycles. The van der Waals surface area contributed by atoms with E-state index in [2.05, 4.69) is 15.3 Å². The molecule has 5 heteroatoms. The Morgan fingerprint density at radius 2 is 2.35 bits per heavy atom. The molecular formula is C12H18FN3O. The van der Waals surface area contributed by atoms with Gasteiger partial charge in [0.05, 0.1) is 11.8 Å². The fourth-order valence-electron chi connectivity index (χ4n) is 2.08. The lowest BCUT2D eigenvalue weighted by Gasteiger charge is -2.28. The van der Waals surface area contributed by atoms with Crippen LogP contribution in [0.25, 0.3) is 0 Å². The quantitative estimate of drug-likeness (QED) is 0.878. The molecule has 0 aromatic carbocycles. The van der Waals surface area contributed by atoms with Crippen molar-refractivity contribution in [3.8, 4) is 0 Å². The summed E-state index contributed by atoms with van der Waals surface area (Å²) in [6.07, 6.45) is 3.97. The van der Waals surface area contributed by atoms with E-state index >= 15 is 0 Å². The summed E-state index contributed by atoms with van der Waals surface area (Å²) < 4.78 is 19.4. The fourth-order valence-corrected chi connectivity index (χ4v) is 2.08. The Morgan fingerprint density at radius 3 is 3.06 bits per heavy atom. The van der Waals surface area contributed by atoms with Crippen LogP contribution < -0.4 is 5.32 Å². The largest absolute Gasteiger partial charge is 0.378 e. The van der Waals surface area contributed by atoms with Crippen LogP contribution in [-0.2, 0) is 11.2 Å². The summed E-state index contributed by atoms with van der Waals surface area (Å²) in [5.41, 5.74) is 0.461. The number of hydrogen-bond donors (Lipinski definition) is 1. The summed E-state index contributed by atoms with van der Waals surface area (Å²) >= 11 is 0. The van der Waals surface area contributed by atoms with Crippen LogP contribution in [0.1, 0.15) is 32.4 Å². The average Bonchev–Trinajstić information content (AvgIpc) is 2.32. The van der Waals surface area contributed by atoms with Gasteiger partial charge in [-0.1, -0.05) is 6.92 Å². The second kappa shape index (κ2) is 5.40. The van der Waals surface area contributed by atoms with E-state index < -0.39 is 0 Å². The maximum atomic E-state index is 13.9. The Kier molecular flexibility index (Phi) is 3.89. The molecule has 2 heterocycles. The van der Waals surface area contributed by atoms with Crippen molar-refractivity contribution in [3.05, 3.63) is 17.8 Å². The van der Waals surface area contributed by atoms with Gasteiger partial charge in [0.15, 0.2) is 11.6 Å². The summed E-state index contributed by atoms with van der Waals surface area (Å²) in [4.78, 5) is 7.88. The lowest BCUT2D eigenvalue weighted by Crippen LogP contribution is -2.33. The van der Waals surface area contributed by atoms with E-state index in [1.807, 2.05) is 13.8 Å². The summed E-state index contributed by atoms with van der Waals surface area (Å²) in [5.74, 6) is -0.00917. The Bertz CT molecular complexity index is 386. The zero-order valence-electron chi connectivity index (χ0n) is 10.2. The van der Waals surface area contributed by atoms with E-state index in [9.17, 15) is 4.39 Å². The summed E-state index contributed by atoms with van der Waals surface area (Å²) in [5, 5.41) is 3.15. The average molecular weight is 239 g/mol. The standard InChI is InChI=1S/C12H18FN3O/c1-3-10-11(13)12(15-7-14-10)16-9-4-5-17-8(2)6-9/h7-9H,3-6H2,1-2H3,(H,14,15,16).